The van der Waals surface area contributed by atoms with Crippen molar-refractivity contribution in [2.45, 2.75) is 49.6 Å². The molecule has 2 aliphatic carbocycles. The molecule has 1 N–H and O–H groups in total. The Morgan fingerprint density at radius 2 is 2.04 bits per heavy atom. The molecule has 0 spiro atoms. The molecule has 4 rings (SSSR count). The van der Waals surface area contributed by atoms with Crippen LogP contribution < -0.4 is 4.46 Å². The second kappa shape index (κ2) is 6.26. The monoisotopic (exact) mass is 406 g/mol. The summed E-state index contributed by atoms with van der Waals surface area (Å²) in [6.07, 6.45) is 2.71. The molecule has 1 heterocycles. The van der Waals surface area contributed by atoms with Crippen molar-refractivity contribution in [2.75, 3.05) is 0 Å². The standard InChI is InChI=1S/C21H26O3Se/c1-12-9-10-15-13(2)20(22)24-19(15)18-16(12)11-17(21(18,3)23)25-14-7-5-4-6-8-14/h4-8,13,15-19,23H,1,9-11H2,2-3H3/t13-,15-,16-,17-,18-,19-,21+/m0/s1. The number of ether oxygens (including phenoxy) is 1. The molecule has 3 nitrogen and oxygen atoms in total. The number of rotatable bonds is 2. The average molecular weight is 405 g/mol. The molecule has 0 radical (unpaired) electrons. The van der Waals surface area contributed by atoms with Crippen LogP contribution in [-0.4, -0.2) is 37.7 Å². The van der Waals surface area contributed by atoms with Crippen LogP contribution in [0.4, 0.5) is 0 Å². The fraction of sp³-hybridized carbons (Fsp3) is 0.571. The van der Waals surface area contributed by atoms with E-state index in [0.29, 0.717) is 0 Å². The van der Waals surface area contributed by atoms with E-state index in [1.165, 1.54) is 10.0 Å². The van der Waals surface area contributed by atoms with Crippen LogP contribution in [0, 0.1) is 23.7 Å². The molecule has 0 bridgehead atoms. The minimum atomic E-state index is -0.818. The van der Waals surface area contributed by atoms with Crippen LogP contribution in [0.1, 0.15) is 33.1 Å². The van der Waals surface area contributed by atoms with E-state index in [1.54, 1.807) is 0 Å². The molecule has 3 fully saturated rings. The van der Waals surface area contributed by atoms with Crippen molar-refractivity contribution in [3.63, 3.8) is 0 Å². The second-order valence-corrected chi connectivity index (χ2v) is 10.7. The normalized spacial score (nSPS) is 43.3. The van der Waals surface area contributed by atoms with Crippen molar-refractivity contribution in [3.05, 3.63) is 42.5 Å². The van der Waals surface area contributed by atoms with E-state index >= 15 is 0 Å². The van der Waals surface area contributed by atoms with Gasteiger partial charge in [0.15, 0.2) is 0 Å². The quantitative estimate of drug-likeness (QED) is 0.468. The number of carbonyl (C=O) groups excluding carboxylic acids is 1. The second-order valence-electron chi connectivity index (χ2n) is 8.06. The van der Waals surface area contributed by atoms with Crippen LogP contribution in [0.15, 0.2) is 42.5 Å². The third kappa shape index (κ3) is 2.79. The zero-order valence-electron chi connectivity index (χ0n) is 14.9. The molecule has 1 saturated heterocycles. The van der Waals surface area contributed by atoms with Gasteiger partial charge in [-0.2, -0.15) is 0 Å². The number of hydrogen-bond acceptors (Lipinski definition) is 3. The van der Waals surface area contributed by atoms with Crippen LogP contribution in [0.2, 0.25) is 4.82 Å². The third-order valence-electron chi connectivity index (χ3n) is 6.62. The number of esters is 1. The first-order chi connectivity index (χ1) is 11.9. The molecule has 0 amide bonds. The van der Waals surface area contributed by atoms with Crippen LogP contribution >= 0.6 is 0 Å². The zero-order valence-corrected chi connectivity index (χ0v) is 16.6. The summed E-state index contributed by atoms with van der Waals surface area (Å²) in [5.41, 5.74) is 0.426. The Kier molecular flexibility index (Phi) is 4.34. The molecule has 2 saturated carbocycles. The first-order valence-corrected chi connectivity index (χ1v) is 11.1. The zero-order chi connectivity index (χ0) is 17.8. The number of carbonyl (C=O) groups is 1. The molecular weight excluding hydrogens is 379 g/mol. The van der Waals surface area contributed by atoms with Crippen molar-refractivity contribution in [3.8, 4) is 0 Å². The van der Waals surface area contributed by atoms with E-state index in [2.05, 4.69) is 30.8 Å². The van der Waals surface area contributed by atoms with Crippen molar-refractivity contribution in [1.82, 2.24) is 0 Å². The van der Waals surface area contributed by atoms with Gasteiger partial charge < -0.3 is 0 Å². The number of aliphatic hydroxyl groups is 1. The molecule has 0 aromatic heterocycles. The Labute approximate surface area is 156 Å². The summed E-state index contributed by atoms with van der Waals surface area (Å²) in [6.45, 7) is 8.30. The summed E-state index contributed by atoms with van der Waals surface area (Å²) in [7, 11) is 0. The fourth-order valence-electron chi connectivity index (χ4n) is 5.13. The number of hydrogen-bond donors (Lipinski definition) is 1. The number of benzene rings is 1. The Hall–Kier alpha value is -1.09. The summed E-state index contributed by atoms with van der Waals surface area (Å²) in [4.78, 5) is 12.4. The summed E-state index contributed by atoms with van der Waals surface area (Å²) in [6, 6.07) is 10.5. The molecule has 25 heavy (non-hydrogen) atoms. The number of allylic oxidation sites excluding steroid dienone is 1. The Bertz CT molecular complexity index is 684. The third-order valence-corrected chi connectivity index (χ3v) is 9.76. The molecule has 4 heteroatoms. The van der Waals surface area contributed by atoms with Crippen molar-refractivity contribution in [1.29, 1.82) is 0 Å². The van der Waals surface area contributed by atoms with Crippen molar-refractivity contribution >= 4 is 25.4 Å². The van der Waals surface area contributed by atoms with E-state index in [1.807, 2.05) is 19.9 Å². The maximum atomic E-state index is 12.2. The molecule has 0 unspecified atom stereocenters. The summed E-state index contributed by atoms with van der Waals surface area (Å²) in [5.74, 6) is 0.310. The van der Waals surface area contributed by atoms with Gasteiger partial charge in [0.2, 0.25) is 0 Å². The van der Waals surface area contributed by atoms with Gasteiger partial charge in [0.25, 0.3) is 0 Å². The molecule has 1 aromatic rings. The predicted molar refractivity (Wildman–Crippen MR) is 98.7 cm³/mol. The van der Waals surface area contributed by atoms with Gasteiger partial charge >= 0.3 is 156 Å². The maximum absolute atomic E-state index is 12.2. The van der Waals surface area contributed by atoms with Crippen molar-refractivity contribution in [2.24, 2.45) is 23.7 Å². The van der Waals surface area contributed by atoms with E-state index in [4.69, 9.17) is 4.74 Å². The Morgan fingerprint density at radius 3 is 2.76 bits per heavy atom. The number of fused-ring (bicyclic) bond motifs is 3. The molecule has 7 atom stereocenters. The molecule has 1 aromatic carbocycles. The van der Waals surface area contributed by atoms with Gasteiger partial charge in [-0.05, 0) is 0 Å². The van der Waals surface area contributed by atoms with Crippen LogP contribution in [0.25, 0.3) is 0 Å². The SMILES string of the molecule is C=C1CC[C@@H]2[C@H](OC(=O)[C@H]2C)[C@@H]2[C@H]1C[C@H]([Se]c1ccccc1)[C@@]2(C)O. The van der Waals surface area contributed by atoms with Crippen LogP contribution in [0.3, 0.4) is 0 Å². The molecule has 3 aliphatic rings. The predicted octanol–water partition coefficient (Wildman–Crippen LogP) is 2.72. The van der Waals surface area contributed by atoms with Gasteiger partial charge in [0, 0.05) is 0 Å². The van der Waals surface area contributed by atoms with E-state index < -0.39 is 5.60 Å². The molecular formula is C21H26O3Se. The minimum absolute atomic E-state index is 0.0167. The van der Waals surface area contributed by atoms with Crippen LogP contribution in [0.5, 0.6) is 0 Å². The van der Waals surface area contributed by atoms with Gasteiger partial charge in [0.1, 0.15) is 0 Å². The first-order valence-electron chi connectivity index (χ1n) is 9.22. The van der Waals surface area contributed by atoms with Gasteiger partial charge in [-0.15, -0.1) is 0 Å². The van der Waals surface area contributed by atoms with Gasteiger partial charge in [-0.25, -0.2) is 0 Å². The molecule has 134 valence electrons. The summed E-state index contributed by atoms with van der Waals surface area (Å²) in [5, 5.41) is 11.6. The van der Waals surface area contributed by atoms with Gasteiger partial charge in [-0.1, -0.05) is 0 Å². The Balaban J connectivity index is 1.66. The molecule has 1 aliphatic heterocycles. The fourth-order valence-corrected chi connectivity index (χ4v) is 7.95. The summed E-state index contributed by atoms with van der Waals surface area (Å²) >= 11 is 0.195. The van der Waals surface area contributed by atoms with Gasteiger partial charge in [-0.3, -0.25) is 0 Å². The summed E-state index contributed by atoms with van der Waals surface area (Å²) < 4.78 is 7.14. The van der Waals surface area contributed by atoms with Crippen LogP contribution in [-0.2, 0) is 9.53 Å². The van der Waals surface area contributed by atoms with Gasteiger partial charge in [0.05, 0.1) is 0 Å². The van der Waals surface area contributed by atoms with E-state index in [-0.39, 0.29) is 55.5 Å². The topological polar surface area (TPSA) is 46.5 Å². The van der Waals surface area contributed by atoms with Crippen molar-refractivity contribution < 1.29 is 14.6 Å². The van der Waals surface area contributed by atoms with E-state index in [0.717, 1.165) is 19.3 Å². The average Bonchev–Trinajstić information content (AvgIpc) is 2.94. The van der Waals surface area contributed by atoms with E-state index in [9.17, 15) is 9.90 Å². The Morgan fingerprint density at radius 1 is 1.32 bits per heavy atom. The first kappa shape index (κ1) is 17.3.